The molecule has 2 aromatic heterocycles. The molecule has 18 heavy (non-hydrogen) atoms. The van der Waals surface area contributed by atoms with Crippen LogP contribution in [0.2, 0.25) is 0 Å². The van der Waals surface area contributed by atoms with E-state index in [1.54, 1.807) is 11.3 Å². The Labute approximate surface area is 112 Å². The highest BCUT2D eigenvalue weighted by atomic mass is 32.1. The zero-order valence-corrected chi connectivity index (χ0v) is 12.0. The van der Waals surface area contributed by atoms with E-state index in [2.05, 4.69) is 42.2 Å². The minimum absolute atomic E-state index is 0.615. The lowest BCUT2D eigenvalue weighted by molar-refractivity contribution is 0.628. The molecule has 0 fully saturated rings. The van der Waals surface area contributed by atoms with E-state index in [1.807, 2.05) is 16.3 Å². The topological polar surface area (TPSA) is 42.7 Å². The van der Waals surface area contributed by atoms with Gasteiger partial charge in [-0.2, -0.15) is 9.78 Å². The summed E-state index contributed by atoms with van der Waals surface area (Å²) in [5.41, 5.74) is 1.12. The number of hydrogen-bond donors (Lipinski definition) is 1. The van der Waals surface area contributed by atoms with Crippen LogP contribution in [-0.4, -0.2) is 21.3 Å². The van der Waals surface area contributed by atoms with Crippen LogP contribution in [0, 0.1) is 5.92 Å². The molecule has 0 spiro atoms. The summed E-state index contributed by atoms with van der Waals surface area (Å²) in [6.45, 7) is 7.54. The maximum atomic E-state index is 4.65. The summed E-state index contributed by atoms with van der Waals surface area (Å²) in [6.07, 6.45) is 3.91. The van der Waals surface area contributed by atoms with Gasteiger partial charge in [0.05, 0.1) is 5.69 Å². The van der Waals surface area contributed by atoms with Crippen LogP contribution in [0.25, 0.3) is 5.13 Å². The molecule has 0 amide bonds. The monoisotopic (exact) mass is 264 g/mol. The molecule has 0 radical (unpaired) electrons. The largest absolute Gasteiger partial charge is 0.370 e. The number of aromatic nitrogens is 3. The average molecular weight is 264 g/mol. The van der Waals surface area contributed by atoms with E-state index in [9.17, 15) is 0 Å². The standard InChI is InChI=1S/C13H20N4S/c1-4-5-14-12-9-11(8-10(2)3)16-17(12)13-15-6-7-18-13/h6-7,9-10,14H,4-5,8H2,1-3H3. The van der Waals surface area contributed by atoms with Gasteiger partial charge in [0.25, 0.3) is 0 Å². The Kier molecular flexibility index (Phi) is 4.36. The van der Waals surface area contributed by atoms with Crippen LogP contribution >= 0.6 is 11.3 Å². The van der Waals surface area contributed by atoms with Crippen LogP contribution in [0.3, 0.4) is 0 Å². The fourth-order valence-electron chi connectivity index (χ4n) is 1.79. The minimum atomic E-state index is 0.615. The predicted molar refractivity (Wildman–Crippen MR) is 76.6 cm³/mol. The third-order valence-electron chi connectivity index (χ3n) is 2.53. The molecule has 0 aliphatic rings. The predicted octanol–water partition coefficient (Wildman–Crippen LogP) is 3.35. The Bertz CT molecular complexity index is 473. The van der Waals surface area contributed by atoms with Gasteiger partial charge in [0.15, 0.2) is 0 Å². The Morgan fingerprint density at radius 2 is 2.28 bits per heavy atom. The smallest absolute Gasteiger partial charge is 0.212 e. The number of hydrogen-bond acceptors (Lipinski definition) is 4. The average Bonchev–Trinajstić information content (AvgIpc) is 2.93. The fraction of sp³-hybridized carbons (Fsp3) is 0.538. The van der Waals surface area contributed by atoms with E-state index in [4.69, 9.17) is 0 Å². The Morgan fingerprint density at radius 3 is 2.89 bits per heavy atom. The quantitative estimate of drug-likeness (QED) is 0.870. The lowest BCUT2D eigenvalue weighted by atomic mass is 10.1. The van der Waals surface area contributed by atoms with Crippen molar-refractivity contribution in [3.63, 3.8) is 0 Å². The summed E-state index contributed by atoms with van der Waals surface area (Å²) in [5.74, 6) is 1.66. The molecule has 0 bridgehead atoms. The van der Waals surface area contributed by atoms with Crippen LogP contribution in [0.1, 0.15) is 32.9 Å². The van der Waals surface area contributed by atoms with Crippen LogP contribution < -0.4 is 5.32 Å². The van der Waals surface area contributed by atoms with E-state index >= 15 is 0 Å². The summed E-state index contributed by atoms with van der Waals surface area (Å²) in [7, 11) is 0. The van der Waals surface area contributed by atoms with Crippen molar-refractivity contribution >= 4 is 17.2 Å². The molecule has 4 nitrogen and oxygen atoms in total. The Hall–Kier alpha value is -1.36. The molecule has 0 aliphatic carbocycles. The number of anilines is 1. The third-order valence-corrected chi connectivity index (χ3v) is 3.28. The zero-order chi connectivity index (χ0) is 13.0. The normalized spacial score (nSPS) is 11.1. The Morgan fingerprint density at radius 1 is 1.44 bits per heavy atom. The van der Waals surface area contributed by atoms with Gasteiger partial charge >= 0.3 is 0 Å². The number of thiazole rings is 1. The maximum absolute atomic E-state index is 4.65. The molecule has 2 heterocycles. The van der Waals surface area contributed by atoms with Crippen LogP contribution in [-0.2, 0) is 6.42 Å². The molecule has 0 saturated carbocycles. The summed E-state index contributed by atoms with van der Waals surface area (Å²) in [4.78, 5) is 4.33. The highest BCUT2D eigenvalue weighted by Crippen LogP contribution is 2.20. The van der Waals surface area contributed by atoms with Gasteiger partial charge in [0.1, 0.15) is 5.82 Å². The number of nitrogens with one attached hydrogen (secondary N) is 1. The first-order valence-electron chi connectivity index (χ1n) is 6.43. The fourth-order valence-corrected chi connectivity index (χ4v) is 2.40. The highest BCUT2D eigenvalue weighted by Gasteiger charge is 2.11. The van der Waals surface area contributed by atoms with Gasteiger partial charge in [-0.1, -0.05) is 20.8 Å². The van der Waals surface area contributed by atoms with Gasteiger partial charge in [-0.25, -0.2) is 4.98 Å². The van der Waals surface area contributed by atoms with E-state index in [1.165, 1.54) is 0 Å². The first-order valence-corrected chi connectivity index (χ1v) is 7.31. The number of rotatable bonds is 6. The second kappa shape index (κ2) is 6.00. The first-order chi connectivity index (χ1) is 8.70. The zero-order valence-electron chi connectivity index (χ0n) is 11.2. The lowest BCUT2D eigenvalue weighted by Gasteiger charge is -2.05. The molecule has 5 heteroatoms. The minimum Gasteiger partial charge on any atom is -0.370 e. The molecule has 98 valence electrons. The molecule has 1 N–H and O–H groups in total. The van der Waals surface area contributed by atoms with Gasteiger partial charge < -0.3 is 5.32 Å². The van der Waals surface area contributed by atoms with Gasteiger partial charge in [-0.15, -0.1) is 11.3 Å². The van der Waals surface area contributed by atoms with Gasteiger partial charge in [0.2, 0.25) is 5.13 Å². The first kappa shape index (κ1) is 13.1. The molecule has 0 atom stereocenters. The van der Waals surface area contributed by atoms with Crippen molar-refractivity contribution in [3.8, 4) is 5.13 Å². The van der Waals surface area contributed by atoms with E-state index in [0.29, 0.717) is 5.92 Å². The summed E-state index contributed by atoms with van der Waals surface area (Å²) in [6, 6.07) is 2.14. The van der Waals surface area contributed by atoms with Crippen LogP contribution in [0.15, 0.2) is 17.6 Å². The van der Waals surface area contributed by atoms with Crippen molar-refractivity contribution in [2.75, 3.05) is 11.9 Å². The van der Waals surface area contributed by atoms with Crippen molar-refractivity contribution in [3.05, 3.63) is 23.3 Å². The van der Waals surface area contributed by atoms with E-state index in [-0.39, 0.29) is 0 Å². The van der Waals surface area contributed by atoms with Crippen molar-refractivity contribution < 1.29 is 0 Å². The summed E-state index contributed by atoms with van der Waals surface area (Å²) in [5, 5.41) is 11.0. The second-order valence-electron chi connectivity index (χ2n) is 4.77. The van der Waals surface area contributed by atoms with Crippen LogP contribution in [0.5, 0.6) is 0 Å². The third kappa shape index (κ3) is 3.10. The summed E-state index contributed by atoms with van der Waals surface area (Å²) >= 11 is 1.61. The van der Waals surface area contributed by atoms with Crippen molar-refractivity contribution in [2.45, 2.75) is 33.6 Å². The molecular weight excluding hydrogens is 244 g/mol. The molecule has 0 unspecified atom stereocenters. The van der Waals surface area contributed by atoms with E-state index < -0.39 is 0 Å². The van der Waals surface area contributed by atoms with Gasteiger partial charge in [0, 0.05) is 24.2 Å². The maximum Gasteiger partial charge on any atom is 0.212 e. The molecule has 0 saturated heterocycles. The molecule has 0 aromatic carbocycles. The van der Waals surface area contributed by atoms with E-state index in [0.717, 1.165) is 36.0 Å². The SMILES string of the molecule is CCCNc1cc(CC(C)C)nn1-c1nccs1. The van der Waals surface area contributed by atoms with Gasteiger partial charge in [-0.3, -0.25) is 0 Å². The molecule has 2 rings (SSSR count). The Balaban J connectivity index is 2.27. The van der Waals surface area contributed by atoms with Crippen LogP contribution in [0.4, 0.5) is 5.82 Å². The molecule has 2 aromatic rings. The number of nitrogens with zero attached hydrogens (tertiary/aromatic N) is 3. The molecular formula is C13H20N4S. The van der Waals surface area contributed by atoms with Crippen molar-refractivity contribution in [1.82, 2.24) is 14.8 Å². The molecule has 0 aliphatic heterocycles. The van der Waals surface area contributed by atoms with Crippen molar-refractivity contribution in [1.29, 1.82) is 0 Å². The van der Waals surface area contributed by atoms with Gasteiger partial charge in [-0.05, 0) is 18.8 Å². The summed E-state index contributed by atoms with van der Waals surface area (Å²) < 4.78 is 1.91. The lowest BCUT2D eigenvalue weighted by Crippen LogP contribution is -2.06. The van der Waals surface area contributed by atoms with Crippen molar-refractivity contribution in [2.24, 2.45) is 5.92 Å². The second-order valence-corrected chi connectivity index (χ2v) is 5.65. The highest BCUT2D eigenvalue weighted by molar-refractivity contribution is 7.12.